The molecule has 1 heterocycles. The van der Waals surface area contributed by atoms with E-state index in [1.165, 1.54) is 0 Å². The van der Waals surface area contributed by atoms with Gasteiger partial charge in [0.2, 0.25) is 0 Å². The standard InChI is InChI=1S/C12H14ClN3S/c1-3-10(14)12-16-15-11(17-12)9-5-4-8(13)6-7(9)2/h4-6,10H,3,14H2,1-2H3. The smallest absolute Gasteiger partial charge is 0.148 e. The Morgan fingerprint density at radius 1 is 1.41 bits per heavy atom. The summed E-state index contributed by atoms with van der Waals surface area (Å²) in [6.45, 7) is 4.06. The molecule has 0 spiro atoms. The van der Waals surface area contributed by atoms with Gasteiger partial charge in [0.25, 0.3) is 0 Å². The number of hydrogen-bond acceptors (Lipinski definition) is 4. The van der Waals surface area contributed by atoms with Gasteiger partial charge >= 0.3 is 0 Å². The van der Waals surface area contributed by atoms with Crippen molar-refractivity contribution in [2.45, 2.75) is 26.3 Å². The van der Waals surface area contributed by atoms with Crippen LogP contribution in [0.25, 0.3) is 10.6 Å². The fourth-order valence-electron chi connectivity index (χ4n) is 1.53. The fraction of sp³-hybridized carbons (Fsp3) is 0.333. The predicted octanol–water partition coefficient (Wildman–Crippen LogP) is 3.58. The van der Waals surface area contributed by atoms with Crippen molar-refractivity contribution in [2.75, 3.05) is 0 Å². The summed E-state index contributed by atoms with van der Waals surface area (Å²) in [7, 11) is 0. The van der Waals surface area contributed by atoms with Gasteiger partial charge in [-0.05, 0) is 31.0 Å². The molecule has 0 saturated carbocycles. The van der Waals surface area contributed by atoms with Gasteiger partial charge < -0.3 is 5.73 Å². The van der Waals surface area contributed by atoms with Crippen LogP contribution in [0, 0.1) is 6.92 Å². The Morgan fingerprint density at radius 3 is 2.82 bits per heavy atom. The normalized spacial score (nSPS) is 12.7. The number of halogens is 1. The molecule has 1 aromatic heterocycles. The monoisotopic (exact) mass is 267 g/mol. The Morgan fingerprint density at radius 2 is 2.18 bits per heavy atom. The predicted molar refractivity (Wildman–Crippen MR) is 72.3 cm³/mol. The molecule has 0 radical (unpaired) electrons. The molecule has 0 amide bonds. The minimum atomic E-state index is -0.0196. The first-order valence-electron chi connectivity index (χ1n) is 5.47. The van der Waals surface area contributed by atoms with E-state index in [1.807, 2.05) is 32.0 Å². The van der Waals surface area contributed by atoms with Crippen molar-refractivity contribution in [3.05, 3.63) is 33.8 Å². The SMILES string of the molecule is CCC(N)c1nnc(-c2ccc(Cl)cc2C)s1. The van der Waals surface area contributed by atoms with Gasteiger partial charge in [0, 0.05) is 10.6 Å². The molecule has 0 saturated heterocycles. The number of aromatic nitrogens is 2. The van der Waals surface area contributed by atoms with Crippen molar-refractivity contribution in [1.29, 1.82) is 0 Å². The molecule has 0 aliphatic rings. The van der Waals surface area contributed by atoms with Crippen LogP contribution in [-0.2, 0) is 0 Å². The van der Waals surface area contributed by atoms with Crippen LogP contribution in [0.1, 0.15) is 30.0 Å². The van der Waals surface area contributed by atoms with Crippen LogP contribution >= 0.6 is 22.9 Å². The Hall–Kier alpha value is -0.970. The first-order valence-corrected chi connectivity index (χ1v) is 6.66. The number of aryl methyl sites for hydroxylation is 1. The Bertz CT molecular complexity index is 524. The maximum absolute atomic E-state index is 5.93. The zero-order chi connectivity index (χ0) is 12.4. The molecule has 2 N–H and O–H groups in total. The molecule has 5 heteroatoms. The lowest BCUT2D eigenvalue weighted by molar-refractivity contribution is 0.683. The maximum Gasteiger partial charge on any atom is 0.148 e. The number of nitrogens with two attached hydrogens (primary N) is 1. The molecule has 1 atom stereocenters. The van der Waals surface area contributed by atoms with E-state index in [4.69, 9.17) is 17.3 Å². The van der Waals surface area contributed by atoms with E-state index in [2.05, 4.69) is 10.2 Å². The van der Waals surface area contributed by atoms with E-state index in [1.54, 1.807) is 11.3 Å². The molecule has 0 bridgehead atoms. The van der Waals surface area contributed by atoms with E-state index in [9.17, 15) is 0 Å². The van der Waals surface area contributed by atoms with Crippen molar-refractivity contribution in [2.24, 2.45) is 5.73 Å². The van der Waals surface area contributed by atoms with Crippen LogP contribution in [0.4, 0.5) is 0 Å². The molecule has 1 aromatic carbocycles. The summed E-state index contributed by atoms with van der Waals surface area (Å²) in [4.78, 5) is 0. The lowest BCUT2D eigenvalue weighted by Gasteiger charge is -2.02. The van der Waals surface area contributed by atoms with Gasteiger partial charge in [-0.15, -0.1) is 10.2 Å². The number of hydrogen-bond donors (Lipinski definition) is 1. The van der Waals surface area contributed by atoms with Crippen LogP contribution in [-0.4, -0.2) is 10.2 Å². The molecular weight excluding hydrogens is 254 g/mol. The van der Waals surface area contributed by atoms with Crippen molar-refractivity contribution >= 4 is 22.9 Å². The highest BCUT2D eigenvalue weighted by Gasteiger charge is 2.13. The van der Waals surface area contributed by atoms with E-state index in [0.717, 1.165) is 32.6 Å². The number of rotatable bonds is 3. The third kappa shape index (κ3) is 2.65. The molecule has 0 aliphatic carbocycles. The number of nitrogens with zero attached hydrogens (tertiary/aromatic N) is 2. The quantitative estimate of drug-likeness (QED) is 0.925. The van der Waals surface area contributed by atoms with Gasteiger partial charge in [-0.3, -0.25) is 0 Å². The maximum atomic E-state index is 5.93. The highest BCUT2D eigenvalue weighted by molar-refractivity contribution is 7.14. The second-order valence-corrected chi connectivity index (χ2v) is 5.36. The van der Waals surface area contributed by atoms with Crippen molar-refractivity contribution in [3.8, 4) is 10.6 Å². The summed E-state index contributed by atoms with van der Waals surface area (Å²) in [5, 5.41) is 10.9. The van der Waals surface area contributed by atoms with Crippen LogP contribution in [0.3, 0.4) is 0 Å². The third-order valence-corrected chi connectivity index (χ3v) is 3.94. The molecule has 2 aromatic rings. The van der Waals surface area contributed by atoms with E-state index in [0.29, 0.717) is 0 Å². The van der Waals surface area contributed by atoms with Gasteiger partial charge in [-0.1, -0.05) is 35.9 Å². The van der Waals surface area contributed by atoms with Gasteiger partial charge in [0.1, 0.15) is 10.0 Å². The van der Waals surface area contributed by atoms with Crippen LogP contribution in [0.2, 0.25) is 5.02 Å². The van der Waals surface area contributed by atoms with Gasteiger partial charge in [-0.2, -0.15) is 0 Å². The van der Waals surface area contributed by atoms with Crippen LogP contribution in [0.15, 0.2) is 18.2 Å². The topological polar surface area (TPSA) is 51.8 Å². The van der Waals surface area contributed by atoms with Gasteiger partial charge in [0.05, 0.1) is 6.04 Å². The molecular formula is C12H14ClN3S. The highest BCUT2D eigenvalue weighted by atomic mass is 35.5. The molecule has 0 aliphatic heterocycles. The Labute approximate surface area is 110 Å². The summed E-state index contributed by atoms with van der Waals surface area (Å²) in [5.74, 6) is 0. The molecule has 90 valence electrons. The molecule has 2 rings (SSSR count). The minimum absolute atomic E-state index is 0.0196. The molecule has 3 nitrogen and oxygen atoms in total. The van der Waals surface area contributed by atoms with Gasteiger partial charge in [0.15, 0.2) is 0 Å². The van der Waals surface area contributed by atoms with Crippen LogP contribution < -0.4 is 5.73 Å². The van der Waals surface area contributed by atoms with Crippen molar-refractivity contribution < 1.29 is 0 Å². The first kappa shape index (κ1) is 12.5. The molecule has 17 heavy (non-hydrogen) atoms. The Balaban J connectivity index is 2.37. The summed E-state index contributed by atoms with van der Waals surface area (Å²) in [5.41, 5.74) is 8.11. The molecule has 0 fully saturated rings. The lowest BCUT2D eigenvalue weighted by Crippen LogP contribution is -2.07. The minimum Gasteiger partial charge on any atom is -0.322 e. The van der Waals surface area contributed by atoms with E-state index in [-0.39, 0.29) is 6.04 Å². The van der Waals surface area contributed by atoms with E-state index < -0.39 is 0 Å². The van der Waals surface area contributed by atoms with E-state index >= 15 is 0 Å². The fourth-order valence-corrected chi connectivity index (χ4v) is 2.78. The summed E-state index contributed by atoms with van der Waals surface area (Å²) < 4.78 is 0. The van der Waals surface area contributed by atoms with Gasteiger partial charge in [-0.25, -0.2) is 0 Å². The lowest BCUT2D eigenvalue weighted by atomic mass is 10.1. The number of benzene rings is 1. The average molecular weight is 268 g/mol. The van der Waals surface area contributed by atoms with Crippen LogP contribution in [0.5, 0.6) is 0 Å². The average Bonchev–Trinajstić information content (AvgIpc) is 2.77. The van der Waals surface area contributed by atoms with Crippen molar-refractivity contribution in [1.82, 2.24) is 10.2 Å². The first-order chi connectivity index (χ1) is 8.11. The summed E-state index contributed by atoms with van der Waals surface area (Å²) >= 11 is 7.48. The zero-order valence-electron chi connectivity index (χ0n) is 9.77. The molecule has 1 unspecified atom stereocenters. The summed E-state index contributed by atoms with van der Waals surface area (Å²) in [6, 6.07) is 5.75. The third-order valence-electron chi connectivity index (χ3n) is 2.62. The zero-order valence-corrected chi connectivity index (χ0v) is 11.3. The largest absolute Gasteiger partial charge is 0.322 e. The second kappa shape index (κ2) is 5.12. The highest BCUT2D eigenvalue weighted by Crippen LogP contribution is 2.30. The van der Waals surface area contributed by atoms with Crippen molar-refractivity contribution in [3.63, 3.8) is 0 Å². The Kier molecular flexibility index (Phi) is 3.76. The second-order valence-electron chi connectivity index (χ2n) is 3.92. The summed E-state index contributed by atoms with van der Waals surface area (Å²) in [6.07, 6.45) is 0.869.